The minimum Gasteiger partial charge on any atom is -0.484 e. The Morgan fingerprint density at radius 1 is 1.31 bits per heavy atom. The highest BCUT2D eigenvalue weighted by Crippen LogP contribution is 2.20. The Morgan fingerprint density at radius 3 is 3.08 bits per heavy atom. The second kappa shape index (κ2) is 7.20. The summed E-state index contributed by atoms with van der Waals surface area (Å²) in [5, 5.41) is 10.9. The standard InChI is InChI=1S/C17H17N5O3S/c23-15(20-17-21-18-10-26-17)9-25-11-5-6-13-12(8-11)16(24)22-7-3-1-2-4-14(22)19-13/h5-6,8,10H,1-4,7,9H2,(H,20,21,23). The predicted molar refractivity (Wildman–Crippen MR) is 97.6 cm³/mol. The molecule has 4 rings (SSSR count). The molecule has 26 heavy (non-hydrogen) atoms. The van der Waals surface area contributed by atoms with Crippen LogP contribution in [0.5, 0.6) is 5.75 Å². The number of benzene rings is 1. The molecule has 0 aliphatic carbocycles. The van der Waals surface area contributed by atoms with Crippen LogP contribution in [0.3, 0.4) is 0 Å². The van der Waals surface area contributed by atoms with Crippen molar-refractivity contribution >= 4 is 33.3 Å². The molecular formula is C17H17N5O3S. The Hall–Kier alpha value is -2.81. The van der Waals surface area contributed by atoms with Gasteiger partial charge in [-0.1, -0.05) is 17.8 Å². The Bertz CT molecular complexity index is 1000. The third-order valence-corrected chi connectivity index (χ3v) is 4.87. The lowest BCUT2D eigenvalue weighted by Gasteiger charge is -2.11. The third kappa shape index (κ3) is 3.43. The van der Waals surface area contributed by atoms with Crippen LogP contribution < -0.4 is 15.6 Å². The lowest BCUT2D eigenvalue weighted by atomic mass is 10.2. The zero-order valence-corrected chi connectivity index (χ0v) is 14.8. The van der Waals surface area contributed by atoms with E-state index in [1.165, 1.54) is 16.8 Å². The number of fused-ring (bicyclic) bond motifs is 2. The van der Waals surface area contributed by atoms with E-state index >= 15 is 0 Å². The zero-order valence-electron chi connectivity index (χ0n) is 14.0. The molecule has 0 spiro atoms. The van der Waals surface area contributed by atoms with Gasteiger partial charge in [0, 0.05) is 13.0 Å². The Kier molecular flexibility index (Phi) is 4.61. The first kappa shape index (κ1) is 16.6. The van der Waals surface area contributed by atoms with Gasteiger partial charge in [0.2, 0.25) is 5.13 Å². The smallest absolute Gasteiger partial charge is 0.264 e. The summed E-state index contributed by atoms with van der Waals surface area (Å²) in [4.78, 5) is 29.3. The molecule has 0 radical (unpaired) electrons. The summed E-state index contributed by atoms with van der Waals surface area (Å²) in [6.45, 7) is 0.525. The summed E-state index contributed by atoms with van der Waals surface area (Å²) in [7, 11) is 0. The Morgan fingerprint density at radius 2 is 2.23 bits per heavy atom. The molecule has 0 atom stereocenters. The van der Waals surface area contributed by atoms with Crippen molar-refractivity contribution in [2.45, 2.75) is 32.2 Å². The van der Waals surface area contributed by atoms with Crippen molar-refractivity contribution in [2.75, 3.05) is 11.9 Å². The van der Waals surface area contributed by atoms with E-state index in [-0.39, 0.29) is 18.1 Å². The highest BCUT2D eigenvalue weighted by Gasteiger charge is 2.14. The van der Waals surface area contributed by atoms with Gasteiger partial charge in [-0.15, -0.1) is 10.2 Å². The zero-order chi connectivity index (χ0) is 17.9. The largest absolute Gasteiger partial charge is 0.484 e. The van der Waals surface area contributed by atoms with E-state index < -0.39 is 0 Å². The van der Waals surface area contributed by atoms with Gasteiger partial charge in [0.15, 0.2) is 6.61 Å². The van der Waals surface area contributed by atoms with Gasteiger partial charge in [-0.2, -0.15) is 0 Å². The van der Waals surface area contributed by atoms with Crippen LogP contribution in [0.4, 0.5) is 5.13 Å². The van der Waals surface area contributed by atoms with Crippen LogP contribution in [-0.4, -0.2) is 32.3 Å². The Balaban J connectivity index is 1.54. The van der Waals surface area contributed by atoms with E-state index in [1.807, 2.05) is 0 Å². The topological polar surface area (TPSA) is 99.0 Å². The molecule has 8 nitrogen and oxygen atoms in total. The maximum atomic E-state index is 12.8. The summed E-state index contributed by atoms with van der Waals surface area (Å²) >= 11 is 1.23. The first-order valence-electron chi connectivity index (χ1n) is 8.43. The van der Waals surface area contributed by atoms with Gasteiger partial charge in [-0.05, 0) is 31.0 Å². The molecule has 2 aromatic heterocycles. The summed E-state index contributed by atoms with van der Waals surface area (Å²) in [6, 6.07) is 5.14. The number of ether oxygens (including phenoxy) is 1. The lowest BCUT2D eigenvalue weighted by molar-refractivity contribution is -0.118. The van der Waals surface area contributed by atoms with Crippen LogP contribution in [0.25, 0.3) is 10.9 Å². The monoisotopic (exact) mass is 371 g/mol. The first-order valence-corrected chi connectivity index (χ1v) is 9.31. The number of hydrogen-bond donors (Lipinski definition) is 1. The normalized spacial score (nSPS) is 13.8. The number of aryl methyl sites for hydroxylation is 1. The van der Waals surface area contributed by atoms with Gasteiger partial charge in [-0.25, -0.2) is 4.98 Å². The summed E-state index contributed by atoms with van der Waals surface area (Å²) in [5.41, 5.74) is 2.15. The highest BCUT2D eigenvalue weighted by molar-refractivity contribution is 7.13. The molecule has 0 unspecified atom stereocenters. The minimum atomic E-state index is -0.335. The van der Waals surface area contributed by atoms with E-state index in [0.29, 0.717) is 28.3 Å². The van der Waals surface area contributed by atoms with Gasteiger partial charge in [-0.3, -0.25) is 19.5 Å². The number of carbonyl (C=O) groups is 1. The number of anilines is 1. The molecule has 1 aliphatic heterocycles. The lowest BCUT2D eigenvalue weighted by Crippen LogP contribution is -2.24. The molecule has 3 heterocycles. The van der Waals surface area contributed by atoms with E-state index in [1.54, 1.807) is 22.8 Å². The van der Waals surface area contributed by atoms with Crippen molar-refractivity contribution in [1.29, 1.82) is 0 Å². The van der Waals surface area contributed by atoms with Gasteiger partial charge in [0.1, 0.15) is 17.1 Å². The first-order chi connectivity index (χ1) is 12.7. The Labute approximate surface area is 152 Å². The van der Waals surface area contributed by atoms with Crippen LogP contribution in [-0.2, 0) is 17.8 Å². The molecule has 9 heteroatoms. The van der Waals surface area contributed by atoms with Crippen molar-refractivity contribution in [3.8, 4) is 5.75 Å². The number of nitrogens with zero attached hydrogens (tertiary/aromatic N) is 4. The van der Waals surface area contributed by atoms with Crippen LogP contribution in [0, 0.1) is 0 Å². The molecule has 1 amide bonds. The molecular weight excluding hydrogens is 354 g/mol. The second-order valence-electron chi connectivity index (χ2n) is 6.06. The van der Waals surface area contributed by atoms with E-state index in [0.717, 1.165) is 31.5 Å². The summed E-state index contributed by atoms with van der Waals surface area (Å²) in [5.74, 6) is 0.974. The molecule has 0 saturated carbocycles. The molecule has 3 aromatic rings. The van der Waals surface area contributed by atoms with Crippen LogP contribution in [0.15, 0.2) is 28.5 Å². The van der Waals surface area contributed by atoms with Crippen LogP contribution >= 0.6 is 11.3 Å². The van der Waals surface area contributed by atoms with Crippen molar-refractivity contribution in [1.82, 2.24) is 19.7 Å². The maximum Gasteiger partial charge on any atom is 0.264 e. The maximum absolute atomic E-state index is 12.8. The quantitative estimate of drug-likeness (QED) is 0.753. The second-order valence-corrected chi connectivity index (χ2v) is 6.89. The number of hydrogen-bond acceptors (Lipinski definition) is 7. The number of carbonyl (C=O) groups excluding carboxylic acids is 1. The fourth-order valence-electron chi connectivity index (χ4n) is 3.02. The fraction of sp³-hybridized carbons (Fsp3) is 0.353. The average molecular weight is 371 g/mol. The summed E-state index contributed by atoms with van der Waals surface area (Å²) in [6.07, 6.45) is 3.98. The van der Waals surface area contributed by atoms with Gasteiger partial charge in [0.25, 0.3) is 11.5 Å². The van der Waals surface area contributed by atoms with Crippen molar-refractivity contribution in [2.24, 2.45) is 0 Å². The van der Waals surface area contributed by atoms with Crippen molar-refractivity contribution in [3.63, 3.8) is 0 Å². The molecule has 0 saturated heterocycles. The highest BCUT2D eigenvalue weighted by atomic mass is 32.1. The number of aromatic nitrogens is 4. The molecule has 1 aliphatic rings. The summed E-state index contributed by atoms with van der Waals surface area (Å²) < 4.78 is 7.28. The minimum absolute atomic E-state index is 0.0457. The van der Waals surface area contributed by atoms with Crippen LogP contribution in [0.2, 0.25) is 0 Å². The van der Waals surface area contributed by atoms with Gasteiger partial charge in [0.05, 0.1) is 10.9 Å². The SMILES string of the molecule is O=C(COc1ccc2nc3n(c(=O)c2c1)CCCCC3)Nc1nncs1. The molecule has 0 fully saturated rings. The number of nitrogens with one attached hydrogen (secondary N) is 1. The molecule has 1 aromatic carbocycles. The average Bonchev–Trinajstić information content (AvgIpc) is 3.03. The van der Waals surface area contributed by atoms with Gasteiger partial charge >= 0.3 is 0 Å². The predicted octanol–water partition coefficient (Wildman–Crippen LogP) is 1.99. The van der Waals surface area contributed by atoms with E-state index in [4.69, 9.17) is 4.74 Å². The molecule has 134 valence electrons. The molecule has 1 N–H and O–H groups in total. The van der Waals surface area contributed by atoms with Crippen molar-refractivity contribution < 1.29 is 9.53 Å². The number of rotatable bonds is 4. The third-order valence-electron chi connectivity index (χ3n) is 4.26. The molecule has 0 bridgehead atoms. The number of amides is 1. The van der Waals surface area contributed by atoms with Gasteiger partial charge < -0.3 is 4.74 Å². The van der Waals surface area contributed by atoms with E-state index in [2.05, 4.69) is 20.5 Å². The van der Waals surface area contributed by atoms with Crippen molar-refractivity contribution in [3.05, 3.63) is 39.9 Å². The van der Waals surface area contributed by atoms with Crippen LogP contribution in [0.1, 0.15) is 25.1 Å². The fourth-order valence-corrected chi connectivity index (χ4v) is 3.48. The van der Waals surface area contributed by atoms with E-state index in [9.17, 15) is 9.59 Å².